The second-order valence-electron chi connectivity index (χ2n) is 6.14. The number of nitrogens with two attached hydrogens (primary N) is 1. The maximum Gasteiger partial charge on any atom is 0.281 e. The summed E-state index contributed by atoms with van der Waals surface area (Å²) in [4.78, 5) is 29.0. The van der Waals surface area contributed by atoms with Crippen molar-refractivity contribution < 1.29 is 14.5 Å². The van der Waals surface area contributed by atoms with Gasteiger partial charge in [-0.1, -0.05) is 17.4 Å². The summed E-state index contributed by atoms with van der Waals surface area (Å²) in [6.45, 7) is 4.05. The quantitative estimate of drug-likeness (QED) is 0.753. The van der Waals surface area contributed by atoms with Crippen LogP contribution in [0.5, 0.6) is 0 Å². The van der Waals surface area contributed by atoms with E-state index in [0.717, 1.165) is 36.1 Å². The number of quaternary nitrogens is 1. The Labute approximate surface area is 138 Å². The maximum absolute atomic E-state index is 12.2. The molecule has 2 heterocycles. The molecule has 0 radical (unpaired) electrons. The van der Waals surface area contributed by atoms with Crippen LogP contribution in [-0.2, 0) is 9.59 Å². The fourth-order valence-electron chi connectivity index (χ4n) is 2.96. The van der Waals surface area contributed by atoms with Crippen LogP contribution in [0.3, 0.4) is 0 Å². The molecule has 0 spiro atoms. The highest BCUT2D eigenvalue weighted by molar-refractivity contribution is 7.22. The van der Waals surface area contributed by atoms with Crippen molar-refractivity contribution in [2.45, 2.75) is 19.8 Å². The standard InChI is InChI=1S/C16H20N4O2S/c1-10-2-3-12-13(8-10)23-16(18-12)19-14(21)9-20-6-4-11(5-7-20)15(17)22/h2-3,8,11H,4-7,9H2,1H3,(H2,17,22)(H,18,19,21)/p+1. The van der Waals surface area contributed by atoms with E-state index < -0.39 is 0 Å². The number of hydrogen-bond donors (Lipinski definition) is 3. The predicted molar refractivity (Wildman–Crippen MR) is 90.5 cm³/mol. The molecular formula is C16H21N4O2S+. The van der Waals surface area contributed by atoms with Gasteiger partial charge in [-0.25, -0.2) is 4.98 Å². The van der Waals surface area contributed by atoms with Crippen LogP contribution in [0.25, 0.3) is 10.2 Å². The average molecular weight is 333 g/mol. The minimum absolute atomic E-state index is 0.0330. The molecule has 3 rings (SSSR count). The monoisotopic (exact) mass is 333 g/mol. The molecule has 0 bridgehead atoms. The number of likely N-dealkylation sites (tertiary alicyclic amines) is 1. The molecule has 1 aliphatic rings. The van der Waals surface area contributed by atoms with Gasteiger partial charge in [0.15, 0.2) is 11.7 Å². The van der Waals surface area contributed by atoms with Crippen LogP contribution in [0, 0.1) is 12.8 Å². The number of thiazole rings is 1. The Kier molecular flexibility index (Phi) is 4.58. The lowest BCUT2D eigenvalue weighted by atomic mass is 9.96. The molecule has 2 amide bonds. The van der Waals surface area contributed by atoms with Crippen LogP contribution in [-0.4, -0.2) is 36.4 Å². The summed E-state index contributed by atoms with van der Waals surface area (Å²) >= 11 is 1.49. The fourth-order valence-corrected chi connectivity index (χ4v) is 3.94. The van der Waals surface area contributed by atoms with Crippen LogP contribution in [0.4, 0.5) is 5.13 Å². The van der Waals surface area contributed by atoms with Crippen molar-refractivity contribution in [2.75, 3.05) is 25.0 Å². The molecule has 1 fully saturated rings. The first-order valence-electron chi connectivity index (χ1n) is 7.81. The van der Waals surface area contributed by atoms with Gasteiger partial charge in [0.2, 0.25) is 5.91 Å². The minimum atomic E-state index is -0.224. The van der Waals surface area contributed by atoms with Crippen molar-refractivity contribution >= 4 is 38.5 Å². The summed E-state index contributed by atoms with van der Waals surface area (Å²) in [5, 5.41) is 3.53. The summed E-state index contributed by atoms with van der Waals surface area (Å²) < 4.78 is 1.08. The van der Waals surface area contributed by atoms with Gasteiger partial charge < -0.3 is 10.6 Å². The Balaban J connectivity index is 1.55. The maximum atomic E-state index is 12.2. The van der Waals surface area contributed by atoms with Crippen molar-refractivity contribution in [3.05, 3.63) is 23.8 Å². The lowest BCUT2D eigenvalue weighted by Gasteiger charge is -2.26. The number of carbonyl (C=O) groups excluding carboxylic acids is 2. The summed E-state index contributed by atoms with van der Waals surface area (Å²) in [6, 6.07) is 6.06. The van der Waals surface area contributed by atoms with E-state index in [0.29, 0.717) is 11.7 Å². The first-order chi connectivity index (χ1) is 11.0. The minimum Gasteiger partial charge on any atom is -0.369 e. The van der Waals surface area contributed by atoms with Crippen LogP contribution in [0.1, 0.15) is 18.4 Å². The van der Waals surface area contributed by atoms with E-state index in [1.807, 2.05) is 19.1 Å². The number of anilines is 1. The number of fused-ring (bicyclic) bond motifs is 1. The fraction of sp³-hybridized carbons (Fsp3) is 0.438. The number of nitrogens with zero attached hydrogens (tertiary/aromatic N) is 1. The third kappa shape index (κ3) is 3.86. The molecule has 6 nitrogen and oxygen atoms in total. The average Bonchev–Trinajstić information content (AvgIpc) is 2.88. The van der Waals surface area contributed by atoms with Gasteiger partial charge in [-0.05, 0) is 24.6 Å². The number of piperidine rings is 1. The van der Waals surface area contributed by atoms with Crippen molar-refractivity contribution in [3.8, 4) is 0 Å². The van der Waals surface area contributed by atoms with Crippen LogP contribution >= 0.6 is 11.3 Å². The lowest BCUT2D eigenvalue weighted by Crippen LogP contribution is -3.14. The molecule has 1 aromatic heterocycles. The summed E-state index contributed by atoms with van der Waals surface area (Å²) in [7, 11) is 0. The first kappa shape index (κ1) is 15.9. The Morgan fingerprint density at radius 3 is 2.83 bits per heavy atom. The number of hydrogen-bond acceptors (Lipinski definition) is 4. The Morgan fingerprint density at radius 1 is 1.39 bits per heavy atom. The molecular weight excluding hydrogens is 312 g/mol. The lowest BCUT2D eigenvalue weighted by molar-refractivity contribution is -0.897. The Hall–Kier alpha value is -1.99. The predicted octanol–water partition coefficient (Wildman–Crippen LogP) is 0.323. The Morgan fingerprint density at radius 2 is 2.13 bits per heavy atom. The molecule has 4 N–H and O–H groups in total. The van der Waals surface area contributed by atoms with Gasteiger partial charge in [0.25, 0.3) is 5.91 Å². The van der Waals surface area contributed by atoms with Crippen molar-refractivity contribution in [2.24, 2.45) is 11.7 Å². The number of aromatic nitrogens is 1. The summed E-state index contributed by atoms with van der Waals surface area (Å²) in [5.74, 6) is -0.291. The molecule has 7 heteroatoms. The van der Waals surface area contributed by atoms with Gasteiger partial charge >= 0.3 is 0 Å². The molecule has 0 unspecified atom stereocenters. The first-order valence-corrected chi connectivity index (χ1v) is 8.63. The SMILES string of the molecule is Cc1ccc2nc(NC(=O)C[NH+]3CCC(C(N)=O)CC3)sc2c1. The highest BCUT2D eigenvalue weighted by Gasteiger charge is 2.27. The third-order valence-electron chi connectivity index (χ3n) is 4.30. The second kappa shape index (κ2) is 6.64. The topological polar surface area (TPSA) is 89.5 Å². The van der Waals surface area contributed by atoms with E-state index >= 15 is 0 Å². The van der Waals surface area contributed by atoms with E-state index in [1.165, 1.54) is 21.8 Å². The van der Waals surface area contributed by atoms with E-state index in [9.17, 15) is 9.59 Å². The molecule has 1 saturated heterocycles. The van der Waals surface area contributed by atoms with Crippen LogP contribution in [0.15, 0.2) is 18.2 Å². The number of aryl methyl sites for hydroxylation is 1. The normalized spacial score (nSPS) is 21.3. The third-order valence-corrected chi connectivity index (χ3v) is 5.23. The van der Waals surface area contributed by atoms with Crippen LogP contribution < -0.4 is 16.0 Å². The largest absolute Gasteiger partial charge is 0.369 e. The number of amides is 2. The van der Waals surface area contributed by atoms with E-state index in [-0.39, 0.29) is 17.7 Å². The number of carbonyl (C=O) groups is 2. The summed E-state index contributed by atoms with van der Waals surface area (Å²) in [5.41, 5.74) is 7.42. The van der Waals surface area contributed by atoms with E-state index in [4.69, 9.17) is 5.73 Å². The molecule has 122 valence electrons. The molecule has 2 aromatic rings. The van der Waals surface area contributed by atoms with Gasteiger partial charge in [0.1, 0.15) is 0 Å². The Bertz CT molecular complexity index is 735. The zero-order valence-corrected chi connectivity index (χ0v) is 13.9. The van der Waals surface area contributed by atoms with Gasteiger partial charge in [-0.15, -0.1) is 0 Å². The molecule has 23 heavy (non-hydrogen) atoms. The van der Waals surface area contributed by atoms with Gasteiger partial charge in [-0.3, -0.25) is 14.9 Å². The molecule has 0 saturated carbocycles. The zero-order chi connectivity index (χ0) is 16.4. The van der Waals surface area contributed by atoms with Crippen molar-refractivity contribution in [1.82, 2.24) is 4.98 Å². The van der Waals surface area contributed by atoms with Crippen molar-refractivity contribution in [3.63, 3.8) is 0 Å². The highest BCUT2D eigenvalue weighted by atomic mass is 32.1. The van der Waals surface area contributed by atoms with Gasteiger partial charge in [0.05, 0.1) is 23.3 Å². The molecule has 1 aromatic carbocycles. The van der Waals surface area contributed by atoms with Gasteiger partial charge in [0, 0.05) is 18.8 Å². The number of primary amides is 1. The highest BCUT2D eigenvalue weighted by Crippen LogP contribution is 2.26. The molecule has 0 aliphatic carbocycles. The van der Waals surface area contributed by atoms with Crippen molar-refractivity contribution in [1.29, 1.82) is 0 Å². The smallest absolute Gasteiger partial charge is 0.281 e. The number of benzene rings is 1. The zero-order valence-electron chi connectivity index (χ0n) is 13.1. The van der Waals surface area contributed by atoms with Gasteiger partial charge in [-0.2, -0.15) is 0 Å². The van der Waals surface area contributed by atoms with E-state index in [1.54, 1.807) is 0 Å². The molecule has 0 atom stereocenters. The van der Waals surface area contributed by atoms with E-state index in [2.05, 4.69) is 16.4 Å². The second-order valence-corrected chi connectivity index (χ2v) is 7.17. The summed E-state index contributed by atoms with van der Waals surface area (Å²) in [6.07, 6.45) is 1.52. The van der Waals surface area contributed by atoms with Crippen LogP contribution in [0.2, 0.25) is 0 Å². The number of rotatable bonds is 4. The molecule has 1 aliphatic heterocycles. The number of nitrogens with one attached hydrogen (secondary N) is 2.